The lowest BCUT2D eigenvalue weighted by Crippen LogP contribution is -3.04. The lowest BCUT2D eigenvalue weighted by molar-refractivity contribution is -0.852. The van der Waals surface area contributed by atoms with E-state index in [4.69, 9.17) is 40.1 Å². The predicted octanol–water partition coefficient (Wildman–Crippen LogP) is 4.67. The highest BCUT2D eigenvalue weighted by Crippen LogP contribution is 2.54. The quantitative estimate of drug-likeness (QED) is 0.0947. The third-order valence-corrected chi connectivity index (χ3v) is 14.7. The smallest absolute Gasteiger partial charge is 0.341 e. The molecule has 57 heavy (non-hydrogen) atoms. The summed E-state index contributed by atoms with van der Waals surface area (Å²) >= 11 is 0. The first-order valence-electron chi connectivity index (χ1n) is 19.0. The Morgan fingerprint density at radius 3 is 2.77 bits per heavy atom. The summed E-state index contributed by atoms with van der Waals surface area (Å²) in [4.78, 5) is 42.7. The SMILES string of the molecule is Cc1cc(=O)c2c(O)c3c(cc2o1)O[C@@]1(C)C[C@@H]2C=C[C@]1(C3)OC(=O)[C@]1(C)O[C@@H]1CCc1cc(N)nc(c1)-c1cc(C[NH+]3C=C4N=CC=C4C3)nc(N)c1CSS2. The number of aliphatic imine (C=N–C) groups is 1. The molecular formula is C42H41N6O7S2+. The first-order valence-corrected chi connectivity index (χ1v) is 21.4. The number of hydrogen-bond donors (Lipinski definition) is 4. The van der Waals surface area contributed by atoms with Gasteiger partial charge in [0.05, 0.1) is 17.5 Å². The van der Waals surface area contributed by atoms with Gasteiger partial charge in [-0.1, -0.05) is 27.7 Å². The third kappa shape index (κ3) is 6.05. The Balaban J connectivity index is 1.02. The van der Waals surface area contributed by atoms with Crippen molar-refractivity contribution in [3.05, 3.63) is 104 Å². The van der Waals surface area contributed by atoms with Gasteiger partial charge in [-0.2, -0.15) is 0 Å². The van der Waals surface area contributed by atoms with Gasteiger partial charge in [0.25, 0.3) is 0 Å². The van der Waals surface area contributed by atoms with Gasteiger partial charge >= 0.3 is 5.97 Å². The van der Waals surface area contributed by atoms with E-state index in [9.17, 15) is 14.7 Å². The number of aryl methyl sites for hydroxylation is 2. The highest BCUT2D eigenvalue weighted by molar-refractivity contribution is 8.76. The Hall–Kier alpha value is -5.09. The average molecular weight is 806 g/mol. The van der Waals surface area contributed by atoms with Gasteiger partial charge in [0.2, 0.25) is 0 Å². The van der Waals surface area contributed by atoms with Crippen LogP contribution in [0.2, 0.25) is 0 Å². The monoisotopic (exact) mass is 805 g/mol. The number of rotatable bonds is 2. The molecule has 0 radical (unpaired) electrons. The molecule has 1 spiro atoms. The molecule has 6 N–H and O–H groups in total. The van der Waals surface area contributed by atoms with E-state index in [1.807, 2.05) is 37.4 Å². The first-order chi connectivity index (χ1) is 27.3. The molecule has 6 atom stereocenters. The van der Waals surface area contributed by atoms with Crippen molar-refractivity contribution in [1.82, 2.24) is 9.97 Å². The van der Waals surface area contributed by atoms with Gasteiger partial charge in [-0.25, -0.2) is 14.8 Å². The number of epoxide rings is 1. The van der Waals surface area contributed by atoms with Crippen molar-refractivity contribution >= 4 is 56.4 Å². The van der Waals surface area contributed by atoms with Crippen LogP contribution in [0.1, 0.15) is 54.8 Å². The molecule has 7 aliphatic rings. The van der Waals surface area contributed by atoms with Crippen LogP contribution in [0, 0.1) is 6.92 Å². The number of phenolic OH excluding ortho intramolecular Hbond substituents is 1. The minimum atomic E-state index is -1.32. The summed E-state index contributed by atoms with van der Waals surface area (Å²) in [5, 5.41) is 11.5. The van der Waals surface area contributed by atoms with Gasteiger partial charge in [-0.15, -0.1) is 0 Å². The van der Waals surface area contributed by atoms with Crippen molar-refractivity contribution in [3.63, 3.8) is 0 Å². The Morgan fingerprint density at radius 2 is 1.93 bits per heavy atom. The molecule has 0 amide bonds. The van der Waals surface area contributed by atoms with Gasteiger partial charge in [-0.05, 0) is 69.5 Å². The Labute approximate surface area is 335 Å². The zero-order valence-electron chi connectivity index (χ0n) is 31.6. The summed E-state index contributed by atoms with van der Waals surface area (Å²) in [7, 11) is 3.30. The number of ether oxygens (including phenoxy) is 3. The maximum absolute atomic E-state index is 14.2. The highest BCUT2D eigenvalue weighted by Gasteiger charge is 2.64. The fourth-order valence-corrected chi connectivity index (χ4v) is 11.6. The number of anilines is 2. The zero-order valence-corrected chi connectivity index (χ0v) is 33.2. The van der Waals surface area contributed by atoms with E-state index in [1.165, 1.54) is 16.5 Å². The van der Waals surface area contributed by atoms with Crippen LogP contribution >= 0.6 is 21.6 Å². The second-order valence-electron chi connectivity index (χ2n) is 16.1. The number of carbonyl (C=O) groups is 1. The number of aromatic hydroxyl groups is 1. The summed E-state index contributed by atoms with van der Waals surface area (Å²) in [5.74, 6) is 1.39. The number of nitrogens with two attached hydrogens (primary N) is 2. The molecule has 1 fully saturated rings. The summed E-state index contributed by atoms with van der Waals surface area (Å²) in [6, 6.07) is 8.97. The number of allylic oxidation sites excluding steroid dienone is 1. The van der Waals surface area contributed by atoms with Crippen LogP contribution in [0.5, 0.6) is 11.5 Å². The number of quaternary nitrogens is 1. The van der Waals surface area contributed by atoms with Crippen molar-refractivity contribution in [2.45, 2.75) is 86.9 Å². The van der Waals surface area contributed by atoms with Crippen LogP contribution < -0.4 is 26.5 Å². The maximum Gasteiger partial charge on any atom is 0.341 e. The Bertz CT molecular complexity index is 2620. The highest BCUT2D eigenvalue weighted by atomic mass is 33.1. The molecule has 11 rings (SSSR count). The molecule has 15 heteroatoms. The number of nitrogens with one attached hydrogen (secondary N) is 1. The number of fused-ring (bicyclic) bond motifs is 7. The number of hydrogen-bond acceptors (Lipinski definition) is 14. The summed E-state index contributed by atoms with van der Waals surface area (Å²) in [6.45, 7) is 6.82. The number of nitrogen functional groups attached to an aromatic ring is 2. The molecule has 1 aromatic carbocycles. The van der Waals surface area contributed by atoms with E-state index in [2.05, 4.69) is 23.3 Å². The number of phenols is 1. The molecule has 3 aromatic heterocycles. The van der Waals surface area contributed by atoms with Crippen LogP contribution in [-0.2, 0) is 39.4 Å². The second-order valence-corrected chi connectivity index (χ2v) is 18.7. The average Bonchev–Trinajstić information content (AvgIpc) is 3.40. The van der Waals surface area contributed by atoms with E-state index in [0.717, 1.165) is 34.6 Å². The molecule has 0 saturated carbocycles. The molecule has 4 bridgehead atoms. The maximum atomic E-state index is 14.2. The molecule has 1 aliphatic carbocycles. The fraction of sp³-hybridized carbons (Fsp3) is 0.357. The van der Waals surface area contributed by atoms with Crippen molar-refractivity contribution in [1.29, 1.82) is 0 Å². The molecule has 292 valence electrons. The standard InChI is InChI=1S/C42H40N6O7S2/c1-21-10-31(49)36-33(52-21)14-32-27(37(36)50)16-42-8-6-25(15-40(42,2)53-32)57-56-20-28-26(13-24(46-38(28)44)18-48-17-23-7-9-45-30(23)19-48)29-11-22(12-35(43)47-29)4-5-34-41(3,54-34)39(51)55-42/h6-14,19,25,34,50H,4-5,15-18,20H2,1-3H3,(H2,43,47)(H2,44,46)/p+1/t25-,34+,40-,41+,42+/m0/s1. The predicted molar refractivity (Wildman–Crippen MR) is 219 cm³/mol. The summed E-state index contributed by atoms with van der Waals surface area (Å²) < 4.78 is 25.3. The first kappa shape index (κ1) is 36.3. The number of pyridine rings is 2. The Kier molecular flexibility index (Phi) is 8.25. The van der Waals surface area contributed by atoms with Gasteiger partial charge in [0.15, 0.2) is 22.2 Å². The van der Waals surface area contributed by atoms with Crippen molar-refractivity contribution in [2.75, 3.05) is 18.0 Å². The van der Waals surface area contributed by atoms with E-state index in [0.29, 0.717) is 66.0 Å². The number of carbonyl (C=O) groups excluding carboxylic acids is 1. The van der Waals surface area contributed by atoms with Gasteiger partial charge < -0.3 is 35.2 Å². The number of benzene rings is 1. The molecule has 9 heterocycles. The lowest BCUT2D eigenvalue weighted by atomic mass is 9.70. The minimum Gasteiger partial charge on any atom is -0.507 e. The zero-order chi connectivity index (χ0) is 39.4. The minimum absolute atomic E-state index is 0.0574. The molecule has 6 aliphatic heterocycles. The van der Waals surface area contributed by atoms with E-state index < -0.39 is 28.9 Å². The topological polar surface area (TPSA) is 193 Å². The van der Waals surface area contributed by atoms with Crippen LogP contribution in [0.3, 0.4) is 0 Å². The van der Waals surface area contributed by atoms with Crippen molar-refractivity contribution in [3.8, 4) is 22.8 Å². The molecule has 1 unspecified atom stereocenters. The largest absolute Gasteiger partial charge is 0.507 e. The van der Waals surface area contributed by atoms with Crippen LogP contribution in [0.25, 0.3) is 22.2 Å². The molecule has 13 nitrogen and oxygen atoms in total. The number of aromatic nitrogens is 2. The number of nitrogens with zero attached hydrogens (tertiary/aromatic N) is 3. The normalized spacial score (nSPS) is 29.8. The van der Waals surface area contributed by atoms with Gasteiger partial charge in [0, 0.05) is 64.5 Å². The number of esters is 1. The molecule has 1 saturated heterocycles. The Morgan fingerprint density at radius 1 is 1.07 bits per heavy atom. The van der Waals surface area contributed by atoms with Crippen LogP contribution in [0.15, 0.2) is 80.2 Å². The summed E-state index contributed by atoms with van der Waals surface area (Å²) in [6.07, 6.45) is 11.2. The summed E-state index contributed by atoms with van der Waals surface area (Å²) in [5.41, 5.74) is 16.4. The van der Waals surface area contributed by atoms with E-state index >= 15 is 0 Å². The second kappa shape index (κ2) is 13.0. The van der Waals surface area contributed by atoms with Crippen LogP contribution in [0.4, 0.5) is 11.6 Å². The van der Waals surface area contributed by atoms with E-state index in [-0.39, 0.29) is 33.8 Å². The van der Waals surface area contributed by atoms with Crippen LogP contribution in [-0.4, -0.2) is 62.0 Å². The van der Waals surface area contributed by atoms with Gasteiger partial charge in [0.1, 0.15) is 64.9 Å². The fourth-order valence-electron chi connectivity index (χ4n) is 8.91. The van der Waals surface area contributed by atoms with Gasteiger partial charge in [-0.3, -0.25) is 14.7 Å². The van der Waals surface area contributed by atoms with Crippen molar-refractivity contribution in [2.24, 2.45) is 4.99 Å². The lowest BCUT2D eigenvalue weighted by Gasteiger charge is -2.52. The third-order valence-electron chi connectivity index (χ3n) is 12.1. The van der Waals surface area contributed by atoms with E-state index in [1.54, 1.807) is 41.5 Å². The van der Waals surface area contributed by atoms with Crippen molar-refractivity contribution < 1.29 is 33.4 Å². The molecular weight excluding hydrogens is 765 g/mol. The molecule has 4 aromatic rings.